The summed E-state index contributed by atoms with van der Waals surface area (Å²) in [6.45, 7) is 6.81. The summed E-state index contributed by atoms with van der Waals surface area (Å²) < 4.78 is 0. The highest BCUT2D eigenvalue weighted by atomic mass is 16.1. The second-order valence-electron chi connectivity index (χ2n) is 5.47. The van der Waals surface area contributed by atoms with Crippen molar-refractivity contribution < 1.29 is 4.79 Å². The number of nitrogens with one attached hydrogen (secondary N) is 2. The Kier molecular flexibility index (Phi) is 4.93. The van der Waals surface area contributed by atoms with E-state index in [1.165, 1.54) is 0 Å². The van der Waals surface area contributed by atoms with E-state index in [2.05, 4.69) is 29.5 Å². The summed E-state index contributed by atoms with van der Waals surface area (Å²) in [6.07, 6.45) is 1.64. The largest absolute Gasteiger partial charge is 0.355 e. The van der Waals surface area contributed by atoms with Crippen LogP contribution in [0.25, 0.3) is 0 Å². The van der Waals surface area contributed by atoms with Crippen LogP contribution in [0.5, 0.6) is 0 Å². The van der Waals surface area contributed by atoms with Crippen molar-refractivity contribution in [3.05, 3.63) is 53.9 Å². The van der Waals surface area contributed by atoms with Gasteiger partial charge in [-0.25, -0.2) is 0 Å². The number of carbonyl (C=O) groups excluding carboxylic acids is 1. The Hall–Kier alpha value is -2.36. The fourth-order valence-corrected chi connectivity index (χ4v) is 1.89. The Balaban J connectivity index is 2.11. The Labute approximate surface area is 125 Å². The smallest absolute Gasteiger partial charge is 0.269 e. The van der Waals surface area contributed by atoms with Crippen LogP contribution in [0.3, 0.4) is 0 Å². The first kappa shape index (κ1) is 15.0. The van der Waals surface area contributed by atoms with Crippen molar-refractivity contribution in [2.45, 2.75) is 20.8 Å². The zero-order chi connectivity index (χ0) is 15.2. The number of carbonyl (C=O) groups is 1. The van der Waals surface area contributed by atoms with Crippen LogP contribution in [-0.2, 0) is 0 Å². The number of anilines is 2. The van der Waals surface area contributed by atoms with Gasteiger partial charge in [-0.1, -0.05) is 32.0 Å². The molecule has 0 fully saturated rings. The van der Waals surface area contributed by atoms with Crippen LogP contribution < -0.4 is 10.6 Å². The van der Waals surface area contributed by atoms with Gasteiger partial charge in [-0.05, 0) is 36.6 Å². The first-order valence-electron chi connectivity index (χ1n) is 7.13. The minimum atomic E-state index is -0.142. The molecule has 1 amide bonds. The maximum atomic E-state index is 12.0. The number of benzene rings is 1. The van der Waals surface area contributed by atoms with Crippen LogP contribution >= 0.6 is 0 Å². The molecular weight excluding hydrogens is 262 g/mol. The molecule has 1 aromatic carbocycles. The number of aromatic nitrogens is 1. The highest BCUT2D eigenvalue weighted by Gasteiger charge is 2.08. The normalized spacial score (nSPS) is 10.5. The quantitative estimate of drug-likeness (QED) is 0.882. The van der Waals surface area contributed by atoms with Gasteiger partial charge in [0.15, 0.2) is 0 Å². The van der Waals surface area contributed by atoms with Crippen LogP contribution in [0.1, 0.15) is 29.9 Å². The van der Waals surface area contributed by atoms with E-state index in [9.17, 15) is 4.79 Å². The standard InChI is InChI=1S/C17H21N3O/c1-12(2)11-19-17(21)16-10-14(8-9-18-16)20-15-7-5-4-6-13(15)3/h4-10,12H,11H2,1-3H3,(H,18,20)(H,19,21). The van der Waals surface area contributed by atoms with Gasteiger partial charge in [0.25, 0.3) is 5.91 Å². The third-order valence-corrected chi connectivity index (χ3v) is 3.09. The predicted molar refractivity (Wildman–Crippen MR) is 85.9 cm³/mol. The van der Waals surface area contributed by atoms with E-state index in [0.29, 0.717) is 18.2 Å². The number of nitrogens with zero attached hydrogens (tertiary/aromatic N) is 1. The number of hydrogen-bond donors (Lipinski definition) is 2. The van der Waals surface area contributed by atoms with Crippen molar-refractivity contribution in [2.75, 3.05) is 11.9 Å². The van der Waals surface area contributed by atoms with Gasteiger partial charge in [0.05, 0.1) is 0 Å². The van der Waals surface area contributed by atoms with Gasteiger partial charge >= 0.3 is 0 Å². The molecule has 0 radical (unpaired) electrons. The Morgan fingerprint density at radius 1 is 1.24 bits per heavy atom. The molecule has 0 bridgehead atoms. The van der Waals surface area contributed by atoms with Crippen molar-refractivity contribution in [3.63, 3.8) is 0 Å². The number of pyridine rings is 1. The summed E-state index contributed by atoms with van der Waals surface area (Å²) in [6, 6.07) is 11.6. The second-order valence-corrected chi connectivity index (χ2v) is 5.47. The fourth-order valence-electron chi connectivity index (χ4n) is 1.89. The molecule has 0 saturated carbocycles. The Bertz CT molecular complexity index is 623. The lowest BCUT2D eigenvalue weighted by atomic mass is 10.2. The van der Waals surface area contributed by atoms with Crippen molar-refractivity contribution in [1.82, 2.24) is 10.3 Å². The number of amides is 1. The average Bonchev–Trinajstić information content (AvgIpc) is 2.47. The van der Waals surface area contributed by atoms with Gasteiger partial charge in [0, 0.05) is 24.1 Å². The lowest BCUT2D eigenvalue weighted by Gasteiger charge is -2.11. The summed E-state index contributed by atoms with van der Waals surface area (Å²) in [5.41, 5.74) is 3.46. The van der Waals surface area contributed by atoms with Crippen LogP contribution in [0.15, 0.2) is 42.6 Å². The number of para-hydroxylation sites is 1. The highest BCUT2D eigenvalue weighted by molar-refractivity contribution is 5.93. The van der Waals surface area contributed by atoms with Gasteiger partial charge in [-0.3, -0.25) is 9.78 Å². The maximum absolute atomic E-state index is 12.0. The molecule has 110 valence electrons. The molecule has 0 spiro atoms. The molecule has 0 unspecified atom stereocenters. The van der Waals surface area contributed by atoms with Crippen molar-refractivity contribution in [3.8, 4) is 0 Å². The van der Waals surface area contributed by atoms with E-state index in [1.807, 2.05) is 37.3 Å². The molecule has 4 nitrogen and oxygen atoms in total. The summed E-state index contributed by atoms with van der Waals surface area (Å²) in [4.78, 5) is 16.1. The summed E-state index contributed by atoms with van der Waals surface area (Å²) in [5.74, 6) is 0.277. The molecule has 4 heteroatoms. The van der Waals surface area contributed by atoms with Crippen molar-refractivity contribution >= 4 is 17.3 Å². The number of hydrogen-bond acceptors (Lipinski definition) is 3. The molecule has 2 N–H and O–H groups in total. The van der Waals surface area contributed by atoms with Gasteiger partial charge < -0.3 is 10.6 Å². The minimum absolute atomic E-state index is 0.142. The van der Waals surface area contributed by atoms with Crippen LogP contribution in [0, 0.1) is 12.8 Å². The molecule has 2 aromatic rings. The zero-order valence-corrected chi connectivity index (χ0v) is 12.7. The molecule has 0 atom stereocenters. The van der Waals surface area contributed by atoms with E-state index >= 15 is 0 Å². The fraction of sp³-hybridized carbons (Fsp3) is 0.294. The lowest BCUT2D eigenvalue weighted by Crippen LogP contribution is -2.28. The topological polar surface area (TPSA) is 54.0 Å². The highest BCUT2D eigenvalue weighted by Crippen LogP contribution is 2.20. The van der Waals surface area contributed by atoms with E-state index in [0.717, 1.165) is 16.9 Å². The van der Waals surface area contributed by atoms with Crippen LogP contribution in [-0.4, -0.2) is 17.4 Å². The van der Waals surface area contributed by atoms with Crippen molar-refractivity contribution in [1.29, 1.82) is 0 Å². The predicted octanol–water partition coefficient (Wildman–Crippen LogP) is 3.52. The monoisotopic (exact) mass is 283 g/mol. The molecule has 0 saturated heterocycles. The third-order valence-electron chi connectivity index (χ3n) is 3.09. The summed E-state index contributed by atoms with van der Waals surface area (Å²) in [7, 11) is 0. The summed E-state index contributed by atoms with van der Waals surface area (Å²) in [5, 5.41) is 6.18. The van der Waals surface area contributed by atoms with Gasteiger partial charge in [0.2, 0.25) is 0 Å². The molecular formula is C17H21N3O. The van der Waals surface area contributed by atoms with E-state index < -0.39 is 0 Å². The average molecular weight is 283 g/mol. The summed E-state index contributed by atoms with van der Waals surface area (Å²) >= 11 is 0. The van der Waals surface area contributed by atoms with E-state index in [4.69, 9.17) is 0 Å². The molecule has 21 heavy (non-hydrogen) atoms. The third kappa shape index (κ3) is 4.31. The molecule has 2 rings (SSSR count). The first-order valence-corrected chi connectivity index (χ1v) is 7.13. The van der Waals surface area contributed by atoms with Gasteiger partial charge in [-0.2, -0.15) is 0 Å². The molecule has 0 aliphatic heterocycles. The minimum Gasteiger partial charge on any atom is -0.355 e. The molecule has 1 heterocycles. The Morgan fingerprint density at radius 3 is 2.71 bits per heavy atom. The van der Waals surface area contributed by atoms with Crippen molar-refractivity contribution in [2.24, 2.45) is 5.92 Å². The number of rotatable bonds is 5. The first-order chi connectivity index (χ1) is 10.1. The van der Waals surface area contributed by atoms with Crippen LogP contribution in [0.2, 0.25) is 0 Å². The van der Waals surface area contributed by atoms with E-state index in [1.54, 1.807) is 12.3 Å². The van der Waals surface area contributed by atoms with E-state index in [-0.39, 0.29) is 5.91 Å². The molecule has 0 aliphatic carbocycles. The maximum Gasteiger partial charge on any atom is 0.269 e. The van der Waals surface area contributed by atoms with Gasteiger partial charge in [0.1, 0.15) is 5.69 Å². The molecule has 0 aliphatic rings. The second kappa shape index (κ2) is 6.88. The zero-order valence-electron chi connectivity index (χ0n) is 12.7. The van der Waals surface area contributed by atoms with Crippen LogP contribution in [0.4, 0.5) is 11.4 Å². The van der Waals surface area contributed by atoms with Gasteiger partial charge in [-0.15, -0.1) is 0 Å². The molecule has 1 aromatic heterocycles. The SMILES string of the molecule is Cc1ccccc1Nc1ccnc(C(=O)NCC(C)C)c1. The lowest BCUT2D eigenvalue weighted by molar-refractivity contribution is 0.0944. The number of aryl methyl sites for hydroxylation is 1. The Morgan fingerprint density at radius 2 is 2.00 bits per heavy atom.